The third-order valence-electron chi connectivity index (χ3n) is 10.1. The number of aromatic nitrogens is 1. The van der Waals surface area contributed by atoms with E-state index in [1.54, 1.807) is 18.9 Å². The van der Waals surface area contributed by atoms with Crippen LogP contribution < -0.4 is 19.2 Å². The van der Waals surface area contributed by atoms with Gasteiger partial charge in [-0.1, -0.05) is 47.2 Å². The Balaban J connectivity index is 1.13. The number of fused-ring (bicyclic) bond motifs is 9. The summed E-state index contributed by atoms with van der Waals surface area (Å²) >= 11 is 2.83. The van der Waals surface area contributed by atoms with E-state index in [0.717, 1.165) is 33.0 Å². The standard InChI is InChI=1S/C34H29N3O7S2/c1-16-4-3-5-17(12-16)15-44-23-11-6-18(13-24(23)43-2)25-26-21-14-22(29(26)45-31-30(25)46-34(40)35-31)28-27(21)32(38)36(33(28)39)19-7-9-20(10-8-19)37(41)42/h3-13,21-22,25-29H,14-15H2,1-2H3,(H,35,40)/t21?,22?,25-,26?,27?,28?,29?/m1/s1. The van der Waals surface area contributed by atoms with Gasteiger partial charge in [0, 0.05) is 28.2 Å². The summed E-state index contributed by atoms with van der Waals surface area (Å²) in [4.78, 5) is 56.3. The van der Waals surface area contributed by atoms with Gasteiger partial charge in [0.2, 0.25) is 11.8 Å². The number of hydrogen-bond donors (Lipinski definition) is 1. The van der Waals surface area contributed by atoms with Crippen molar-refractivity contribution < 1.29 is 24.0 Å². The number of anilines is 1. The van der Waals surface area contributed by atoms with E-state index in [4.69, 9.17) is 9.47 Å². The van der Waals surface area contributed by atoms with Gasteiger partial charge in [0.15, 0.2) is 11.5 Å². The van der Waals surface area contributed by atoms with Gasteiger partial charge in [-0.05, 0) is 66.5 Å². The molecule has 0 spiro atoms. The van der Waals surface area contributed by atoms with Crippen LogP contribution in [0.15, 0.2) is 76.6 Å². The predicted molar refractivity (Wildman–Crippen MR) is 173 cm³/mol. The van der Waals surface area contributed by atoms with E-state index in [1.165, 1.54) is 40.5 Å². The van der Waals surface area contributed by atoms with Gasteiger partial charge < -0.3 is 14.5 Å². The minimum atomic E-state index is -0.505. The van der Waals surface area contributed by atoms with Crippen molar-refractivity contribution in [2.75, 3.05) is 12.0 Å². The van der Waals surface area contributed by atoms with Crippen LogP contribution >= 0.6 is 23.1 Å². The number of thioether (sulfide) groups is 1. The molecule has 0 radical (unpaired) electrons. The average molecular weight is 656 g/mol. The van der Waals surface area contributed by atoms with Gasteiger partial charge in [0.25, 0.3) is 5.69 Å². The molecule has 1 saturated heterocycles. The number of imide groups is 1. The SMILES string of the molecule is COc1cc([C@H]2c3sc(=O)[nH]c3SC3C4CC(C5C(=O)N(c6ccc([N+](=O)[O-])cc6)C(=O)C45)C32)ccc1OCc1cccc(C)c1. The van der Waals surface area contributed by atoms with Crippen molar-refractivity contribution in [3.8, 4) is 11.5 Å². The van der Waals surface area contributed by atoms with Crippen LogP contribution in [0, 0.1) is 46.6 Å². The summed E-state index contributed by atoms with van der Waals surface area (Å²) in [5, 5.41) is 12.0. The molecule has 2 bridgehead atoms. The van der Waals surface area contributed by atoms with E-state index in [0.29, 0.717) is 23.8 Å². The van der Waals surface area contributed by atoms with Crippen molar-refractivity contribution >= 4 is 46.3 Å². The number of H-pyrrole nitrogens is 1. The number of hydrogen-bond acceptors (Lipinski definition) is 9. The van der Waals surface area contributed by atoms with Crippen LogP contribution in [0.4, 0.5) is 11.4 Å². The van der Waals surface area contributed by atoms with Crippen molar-refractivity contribution in [1.29, 1.82) is 0 Å². The Hall–Kier alpha value is -4.42. The number of thiazole rings is 1. The Bertz CT molecular complexity index is 1970. The van der Waals surface area contributed by atoms with E-state index in [2.05, 4.69) is 11.1 Å². The first kappa shape index (κ1) is 29.0. The highest BCUT2D eigenvalue weighted by Gasteiger charge is 2.69. The fraction of sp³-hybridized carbons (Fsp3) is 0.324. The highest BCUT2D eigenvalue weighted by atomic mass is 32.2. The number of rotatable bonds is 7. The van der Waals surface area contributed by atoms with Crippen molar-refractivity contribution in [2.24, 2.45) is 29.6 Å². The van der Waals surface area contributed by atoms with Crippen molar-refractivity contribution in [3.05, 3.63) is 108 Å². The number of amides is 2. The molecule has 10 nitrogen and oxygen atoms in total. The maximum Gasteiger partial charge on any atom is 0.305 e. The molecule has 2 aliphatic heterocycles. The molecule has 2 aliphatic carbocycles. The molecule has 1 N–H and O–H groups in total. The van der Waals surface area contributed by atoms with Gasteiger partial charge in [-0.15, -0.1) is 11.8 Å². The van der Waals surface area contributed by atoms with Crippen LogP contribution in [0.25, 0.3) is 0 Å². The molecule has 6 unspecified atom stereocenters. The zero-order valence-electron chi connectivity index (χ0n) is 24.9. The number of aromatic amines is 1. The first-order chi connectivity index (χ1) is 22.2. The quantitative estimate of drug-likeness (QED) is 0.148. The zero-order chi connectivity index (χ0) is 31.9. The number of aryl methyl sites for hydroxylation is 1. The van der Waals surface area contributed by atoms with Crippen LogP contribution in [0.1, 0.15) is 33.9 Å². The highest BCUT2D eigenvalue weighted by molar-refractivity contribution is 8.00. The normalized spacial score (nSPS) is 27.3. The van der Waals surface area contributed by atoms with Gasteiger partial charge >= 0.3 is 4.87 Å². The minimum Gasteiger partial charge on any atom is -0.493 e. The van der Waals surface area contributed by atoms with Crippen LogP contribution in [-0.4, -0.2) is 34.1 Å². The first-order valence-corrected chi connectivity index (χ1v) is 16.8. The third kappa shape index (κ3) is 4.41. The van der Waals surface area contributed by atoms with Crippen LogP contribution in [0.2, 0.25) is 0 Å². The van der Waals surface area contributed by atoms with Crippen LogP contribution in [0.3, 0.4) is 0 Å². The number of carbonyl (C=O) groups is 2. The largest absolute Gasteiger partial charge is 0.493 e. The Morgan fingerprint density at radius 3 is 2.46 bits per heavy atom. The lowest BCUT2D eigenvalue weighted by atomic mass is 9.68. The van der Waals surface area contributed by atoms with Gasteiger partial charge in [-0.25, -0.2) is 0 Å². The number of carbonyl (C=O) groups excluding carboxylic acids is 2. The molecular formula is C34H29N3O7S2. The summed E-state index contributed by atoms with van der Waals surface area (Å²) in [5.41, 5.74) is 3.43. The molecule has 3 heterocycles. The summed E-state index contributed by atoms with van der Waals surface area (Å²) in [7, 11) is 1.61. The summed E-state index contributed by atoms with van der Waals surface area (Å²) in [6.07, 6.45) is 0.758. The Morgan fingerprint density at radius 2 is 1.74 bits per heavy atom. The zero-order valence-corrected chi connectivity index (χ0v) is 26.5. The number of nitro groups is 1. The number of nitro benzene ring substituents is 1. The molecular weight excluding hydrogens is 627 g/mol. The van der Waals surface area contributed by atoms with Crippen LogP contribution in [-0.2, 0) is 16.2 Å². The first-order valence-electron chi connectivity index (χ1n) is 15.1. The monoisotopic (exact) mass is 655 g/mol. The summed E-state index contributed by atoms with van der Waals surface area (Å²) in [6.45, 7) is 2.43. The summed E-state index contributed by atoms with van der Waals surface area (Å²) < 4.78 is 12.0. The fourth-order valence-electron chi connectivity index (χ4n) is 8.33. The molecule has 2 saturated carbocycles. The Morgan fingerprint density at radius 1 is 0.978 bits per heavy atom. The van der Waals surface area contributed by atoms with E-state index < -0.39 is 16.8 Å². The number of nitrogens with zero attached hydrogens (tertiary/aromatic N) is 2. The summed E-state index contributed by atoms with van der Waals surface area (Å²) in [5.74, 6) is -0.480. The lowest BCUT2D eigenvalue weighted by Gasteiger charge is -2.43. The number of non-ortho nitro benzene ring substituents is 1. The number of nitrogens with one attached hydrogen (secondary N) is 1. The Kier molecular flexibility index (Phi) is 6.84. The maximum atomic E-state index is 14.0. The molecule has 8 rings (SSSR count). The second-order valence-corrected chi connectivity index (χ2v) is 14.6. The molecule has 2 amide bonds. The maximum absolute atomic E-state index is 14.0. The molecule has 12 heteroatoms. The molecule has 46 heavy (non-hydrogen) atoms. The van der Waals surface area contributed by atoms with E-state index in [-0.39, 0.29) is 51.3 Å². The molecule has 1 aromatic heterocycles. The second-order valence-electron chi connectivity index (χ2n) is 12.4. The lowest BCUT2D eigenvalue weighted by Crippen LogP contribution is -2.42. The average Bonchev–Trinajstić information content (AvgIpc) is 3.78. The molecule has 3 aromatic carbocycles. The third-order valence-corrected chi connectivity index (χ3v) is 12.7. The van der Waals surface area contributed by atoms with Crippen LogP contribution in [0.5, 0.6) is 11.5 Å². The van der Waals surface area contributed by atoms with Gasteiger partial charge in [0.1, 0.15) is 6.61 Å². The van der Waals surface area contributed by atoms with Crippen molar-refractivity contribution in [3.63, 3.8) is 0 Å². The van der Waals surface area contributed by atoms with E-state index in [9.17, 15) is 24.5 Å². The van der Waals surface area contributed by atoms with E-state index in [1.807, 2.05) is 43.3 Å². The fourth-order valence-corrected chi connectivity index (χ4v) is 11.2. The number of methoxy groups -OCH3 is 1. The number of ether oxygens (including phenoxy) is 2. The topological polar surface area (TPSA) is 132 Å². The lowest BCUT2D eigenvalue weighted by molar-refractivity contribution is -0.384. The van der Waals surface area contributed by atoms with Crippen molar-refractivity contribution in [1.82, 2.24) is 4.98 Å². The molecule has 3 fully saturated rings. The molecule has 7 atom stereocenters. The molecule has 4 aliphatic rings. The summed E-state index contributed by atoms with van der Waals surface area (Å²) in [6, 6.07) is 19.6. The smallest absolute Gasteiger partial charge is 0.305 e. The minimum absolute atomic E-state index is 0.0209. The predicted octanol–water partition coefficient (Wildman–Crippen LogP) is 5.92. The van der Waals surface area contributed by atoms with Crippen molar-refractivity contribution in [2.45, 2.75) is 36.1 Å². The highest BCUT2D eigenvalue weighted by Crippen LogP contribution is 2.68. The van der Waals surface area contributed by atoms with Gasteiger partial charge in [-0.2, -0.15) is 0 Å². The van der Waals surface area contributed by atoms with Gasteiger partial charge in [0.05, 0.1) is 34.6 Å². The Labute approximate surface area is 271 Å². The number of benzene rings is 3. The second kappa shape index (κ2) is 10.8. The molecule has 4 aromatic rings. The van der Waals surface area contributed by atoms with Gasteiger partial charge in [-0.3, -0.25) is 29.4 Å². The van der Waals surface area contributed by atoms with E-state index >= 15 is 0 Å². The molecule has 234 valence electrons.